The number of rotatable bonds is 12. The highest BCUT2D eigenvalue weighted by atomic mass is 35.5. The second-order valence-corrected chi connectivity index (χ2v) is 8.85. The first-order chi connectivity index (χ1) is 16.4. The summed E-state index contributed by atoms with van der Waals surface area (Å²) in [5.74, 6) is -1.51. The van der Waals surface area contributed by atoms with Crippen LogP contribution >= 0.6 is 11.6 Å². The summed E-state index contributed by atoms with van der Waals surface area (Å²) in [4.78, 5) is 16.0. The van der Waals surface area contributed by atoms with Crippen LogP contribution in [0.15, 0.2) is 18.2 Å². The second kappa shape index (κ2) is 13.5. The molecule has 5 nitrogen and oxygen atoms in total. The summed E-state index contributed by atoms with van der Waals surface area (Å²) < 4.78 is 84.2. The quantitative estimate of drug-likeness (QED) is 0.188. The molecule has 1 aliphatic heterocycles. The van der Waals surface area contributed by atoms with Gasteiger partial charge in [0.05, 0.1) is 13.2 Å². The van der Waals surface area contributed by atoms with Gasteiger partial charge in [-0.1, -0.05) is 31.0 Å². The molecule has 1 aromatic carbocycles. The maximum atomic E-state index is 12.5. The van der Waals surface area contributed by atoms with Crippen LogP contribution in [0.3, 0.4) is 0 Å². The van der Waals surface area contributed by atoms with Gasteiger partial charge in [0, 0.05) is 36.8 Å². The molecule has 1 heterocycles. The summed E-state index contributed by atoms with van der Waals surface area (Å²) in [7, 11) is 0. The lowest BCUT2D eigenvalue weighted by Gasteiger charge is -2.32. The van der Waals surface area contributed by atoms with E-state index in [9.17, 15) is 31.1 Å². The number of benzene rings is 1. The minimum Gasteiger partial charge on any atom is -0.443 e. The van der Waals surface area contributed by atoms with E-state index in [1.807, 2.05) is 25.1 Å². The van der Waals surface area contributed by atoms with Crippen LogP contribution < -0.4 is 4.90 Å². The van der Waals surface area contributed by atoms with Gasteiger partial charge in [-0.15, -0.1) is 0 Å². The lowest BCUT2D eigenvalue weighted by molar-refractivity contribution is -0.313. The first kappa shape index (κ1) is 29.5. The fraction of sp³-hybridized carbons (Fsp3) is 0.696. The number of nitrogens with zero attached hydrogens (tertiary/aromatic N) is 2. The van der Waals surface area contributed by atoms with E-state index in [2.05, 4.69) is 14.5 Å². The number of unbranched alkanes of at least 4 members (excludes halogenated alkanes) is 2. The van der Waals surface area contributed by atoms with E-state index in [1.165, 1.54) is 0 Å². The number of morpholine rings is 1. The average molecular weight is 533 g/mol. The number of alkyl halides is 6. The molecule has 1 saturated heterocycles. The first-order valence-corrected chi connectivity index (χ1v) is 12.0. The fourth-order valence-electron chi connectivity index (χ4n) is 3.89. The highest BCUT2D eigenvalue weighted by Crippen LogP contribution is 2.36. The van der Waals surface area contributed by atoms with Crippen molar-refractivity contribution in [2.45, 2.75) is 64.0 Å². The normalized spacial score (nSPS) is 15.2. The Balaban J connectivity index is 1.85. The van der Waals surface area contributed by atoms with Crippen molar-refractivity contribution in [3.8, 4) is 0 Å². The molecule has 0 N–H and O–H groups in total. The number of halogens is 7. The summed E-state index contributed by atoms with van der Waals surface area (Å²) in [5.41, 5.74) is 2.16. The van der Waals surface area contributed by atoms with Crippen LogP contribution in [0.25, 0.3) is 0 Å². The third-order valence-corrected chi connectivity index (χ3v) is 5.77. The van der Waals surface area contributed by atoms with Crippen LogP contribution in [0.4, 0.5) is 32.0 Å². The predicted octanol–water partition coefficient (Wildman–Crippen LogP) is 5.99. The second-order valence-electron chi connectivity index (χ2n) is 8.41. The van der Waals surface area contributed by atoms with Gasteiger partial charge in [-0.3, -0.25) is 9.69 Å². The van der Waals surface area contributed by atoms with Crippen molar-refractivity contribution in [3.05, 3.63) is 28.8 Å². The van der Waals surface area contributed by atoms with E-state index in [0.717, 1.165) is 37.3 Å². The van der Waals surface area contributed by atoms with E-state index in [1.54, 1.807) is 0 Å². The van der Waals surface area contributed by atoms with Crippen molar-refractivity contribution in [2.75, 3.05) is 44.3 Å². The number of esters is 1. The number of hydrogen-bond acceptors (Lipinski definition) is 5. The maximum absolute atomic E-state index is 12.5. The average Bonchev–Trinajstić information content (AvgIpc) is 2.77. The largest absolute Gasteiger partial charge is 0.443 e. The van der Waals surface area contributed by atoms with E-state index in [-0.39, 0.29) is 6.42 Å². The summed E-state index contributed by atoms with van der Waals surface area (Å²) in [6.45, 7) is 7.00. The standard InChI is InChI=1S/C23H31ClF6N2O3/c1-2-9-31(16-17-7-8-18(24)15-19(17)32-11-13-34-14-12-32)10-5-3-4-6-20(33)35-21(22(25,26)27)23(28,29)30/h7-8,15,21H,2-6,9-14,16H2,1H3. The third kappa shape index (κ3) is 10.0. The fourth-order valence-corrected chi connectivity index (χ4v) is 4.05. The van der Waals surface area contributed by atoms with E-state index >= 15 is 0 Å². The van der Waals surface area contributed by atoms with Crippen molar-refractivity contribution in [1.29, 1.82) is 0 Å². The summed E-state index contributed by atoms with van der Waals surface area (Å²) in [5, 5.41) is 0.641. The molecule has 0 spiro atoms. The number of ether oxygens (including phenoxy) is 2. The van der Waals surface area contributed by atoms with Gasteiger partial charge in [0.2, 0.25) is 0 Å². The lowest BCUT2D eigenvalue weighted by atomic mass is 10.1. The maximum Gasteiger partial charge on any atom is 0.434 e. The Labute approximate surface area is 206 Å². The van der Waals surface area contributed by atoms with Gasteiger partial charge in [0.15, 0.2) is 0 Å². The summed E-state index contributed by atoms with van der Waals surface area (Å²) in [6, 6.07) is 5.77. The van der Waals surface area contributed by atoms with Crippen molar-refractivity contribution in [2.24, 2.45) is 0 Å². The Kier molecular flexibility index (Phi) is 11.4. The molecule has 35 heavy (non-hydrogen) atoms. The molecule has 0 bridgehead atoms. The number of anilines is 1. The van der Waals surface area contributed by atoms with E-state index < -0.39 is 30.8 Å². The molecule has 0 aromatic heterocycles. The van der Waals surface area contributed by atoms with Gasteiger partial charge in [-0.25, -0.2) is 0 Å². The van der Waals surface area contributed by atoms with Gasteiger partial charge in [-0.2, -0.15) is 26.3 Å². The van der Waals surface area contributed by atoms with Gasteiger partial charge in [-0.05, 0) is 50.0 Å². The Morgan fingerprint density at radius 3 is 2.34 bits per heavy atom. The van der Waals surface area contributed by atoms with Crippen LogP contribution in [-0.2, 0) is 20.8 Å². The molecular weight excluding hydrogens is 502 g/mol. The Hall–Kier alpha value is -1.72. The molecule has 1 aliphatic rings. The molecule has 0 saturated carbocycles. The molecular formula is C23H31ClF6N2O3. The summed E-state index contributed by atoms with van der Waals surface area (Å²) >= 11 is 6.22. The monoisotopic (exact) mass is 532 g/mol. The highest BCUT2D eigenvalue weighted by molar-refractivity contribution is 6.30. The highest BCUT2D eigenvalue weighted by Gasteiger charge is 2.59. The minimum atomic E-state index is -5.70. The lowest BCUT2D eigenvalue weighted by Crippen LogP contribution is -2.45. The van der Waals surface area contributed by atoms with Crippen LogP contribution in [0.5, 0.6) is 0 Å². The van der Waals surface area contributed by atoms with E-state index in [4.69, 9.17) is 16.3 Å². The predicted molar refractivity (Wildman–Crippen MR) is 121 cm³/mol. The molecule has 12 heteroatoms. The SMILES string of the molecule is CCCN(CCCCCC(=O)OC(C(F)(F)F)C(F)(F)F)Cc1ccc(Cl)cc1N1CCOCC1. The van der Waals surface area contributed by atoms with Crippen molar-refractivity contribution in [3.63, 3.8) is 0 Å². The molecule has 1 aromatic rings. The van der Waals surface area contributed by atoms with Gasteiger partial charge in [0.1, 0.15) is 0 Å². The molecule has 0 atom stereocenters. The zero-order valence-electron chi connectivity index (χ0n) is 19.6. The van der Waals surface area contributed by atoms with Crippen LogP contribution in [0, 0.1) is 0 Å². The number of carbonyl (C=O) groups excluding carboxylic acids is 1. The zero-order chi connectivity index (χ0) is 26.1. The first-order valence-electron chi connectivity index (χ1n) is 11.6. The van der Waals surface area contributed by atoms with Crippen molar-refractivity contribution in [1.82, 2.24) is 4.90 Å². The molecule has 0 aliphatic carbocycles. The molecule has 2 rings (SSSR count). The number of hydrogen-bond donors (Lipinski definition) is 0. The Morgan fingerprint density at radius 2 is 1.74 bits per heavy atom. The minimum absolute atomic E-state index is 0.140. The van der Waals surface area contributed by atoms with Crippen LogP contribution in [0.1, 0.15) is 44.6 Å². The summed E-state index contributed by atoms with van der Waals surface area (Å²) in [6.07, 6.45) is -13.8. The van der Waals surface area contributed by atoms with E-state index in [0.29, 0.717) is 44.2 Å². The van der Waals surface area contributed by atoms with Crippen molar-refractivity contribution < 1.29 is 40.6 Å². The molecule has 200 valence electrons. The van der Waals surface area contributed by atoms with Crippen molar-refractivity contribution >= 4 is 23.3 Å². The topological polar surface area (TPSA) is 42.0 Å². The third-order valence-electron chi connectivity index (χ3n) is 5.53. The molecule has 0 amide bonds. The van der Waals surface area contributed by atoms with Gasteiger partial charge in [0.25, 0.3) is 6.10 Å². The molecule has 0 radical (unpaired) electrons. The van der Waals surface area contributed by atoms with Gasteiger partial charge >= 0.3 is 18.3 Å². The van der Waals surface area contributed by atoms with Crippen LogP contribution in [-0.4, -0.2) is 68.7 Å². The Bertz CT molecular complexity index is 786. The van der Waals surface area contributed by atoms with Crippen LogP contribution in [0.2, 0.25) is 5.02 Å². The number of carbonyl (C=O) groups is 1. The van der Waals surface area contributed by atoms with Gasteiger partial charge < -0.3 is 14.4 Å². The molecule has 0 unspecified atom stereocenters. The Morgan fingerprint density at radius 1 is 1.09 bits per heavy atom. The smallest absolute Gasteiger partial charge is 0.434 e. The zero-order valence-corrected chi connectivity index (χ0v) is 20.3. The molecule has 1 fully saturated rings.